The van der Waals surface area contributed by atoms with Gasteiger partial charge in [-0.05, 0) is 82.5 Å². The van der Waals surface area contributed by atoms with Gasteiger partial charge in [0.15, 0.2) is 5.69 Å². The van der Waals surface area contributed by atoms with E-state index < -0.39 is 0 Å². The van der Waals surface area contributed by atoms with Gasteiger partial charge in [0, 0.05) is 24.3 Å². The normalized spacial score (nSPS) is 23.3. The van der Waals surface area contributed by atoms with E-state index >= 15 is 0 Å². The number of nitrogens with zero attached hydrogens (tertiary/aromatic N) is 3. The van der Waals surface area contributed by atoms with Crippen LogP contribution in [0.5, 0.6) is 0 Å². The summed E-state index contributed by atoms with van der Waals surface area (Å²) < 4.78 is 2.06. The smallest absolute Gasteiger partial charge is 0.274 e. The maximum absolute atomic E-state index is 13.5. The van der Waals surface area contributed by atoms with Gasteiger partial charge in [-0.15, -0.1) is 12.4 Å². The van der Waals surface area contributed by atoms with Gasteiger partial charge < -0.3 is 10.2 Å². The van der Waals surface area contributed by atoms with Crippen LogP contribution < -0.4 is 5.32 Å². The van der Waals surface area contributed by atoms with Crippen molar-refractivity contribution in [3.63, 3.8) is 0 Å². The Morgan fingerprint density at radius 3 is 2.52 bits per heavy atom. The van der Waals surface area contributed by atoms with Crippen LogP contribution in [0.1, 0.15) is 52.1 Å². The second kappa shape index (κ2) is 8.11. The Balaban J connectivity index is 0.00000205. The molecule has 5 rings (SSSR count). The van der Waals surface area contributed by atoms with Crippen LogP contribution in [0.2, 0.25) is 0 Å². The molecule has 1 aromatic heterocycles. The third-order valence-corrected chi connectivity index (χ3v) is 7.02. The number of benzene rings is 1. The summed E-state index contributed by atoms with van der Waals surface area (Å²) in [4.78, 5) is 15.5. The molecule has 2 aliphatic heterocycles. The Morgan fingerprint density at radius 1 is 1.10 bits per heavy atom. The van der Waals surface area contributed by atoms with Crippen molar-refractivity contribution in [3.05, 3.63) is 46.3 Å². The molecule has 0 saturated carbocycles. The van der Waals surface area contributed by atoms with Crippen molar-refractivity contribution in [3.8, 4) is 5.69 Å². The van der Waals surface area contributed by atoms with E-state index in [4.69, 9.17) is 5.10 Å². The number of carbonyl (C=O) groups is 1. The first-order valence-electron chi connectivity index (χ1n) is 10.8. The van der Waals surface area contributed by atoms with Gasteiger partial charge in [0.05, 0.1) is 5.69 Å². The first-order chi connectivity index (χ1) is 13.6. The van der Waals surface area contributed by atoms with Crippen molar-refractivity contribution in [1.29, 1.82) is 0 Å². The zero-order valence-corrected chi connectivity index (χ0v) is 18.2. The minimum absolute atomic E-state index is 0. The van der Waals surface area contributed by atoms with E-state index in [1.807, 2.05) is 0 Å². The largest absolute Gasteiger partial charge is 0.337 e. The number of aromatic nitrogens is 2. The molecule has 1 N–H and O–H groups in total. The summed E-state index contributed by atoms with van der Waals surface area (Å²) in [6.45, 7) is 8.21. The molecule has 0 bridgehead atoms. The van der Waals surface area contributed by atoms with Crippen LogP contribution in [0.4, 0.5) is 0 Å². The zero-order valence-electron chi connectivity index (χ0n) is 17.4. The van der Waals surface area contributed by atoms with Crippen LogP contribution in [0, 0.1) is 25.7 Å². The second-order valence-electron chi connectivity index (χ2n) is 8.88. The molecule has 0 unspecified atom stereocenters. The predicted molar refractivity (Wildman–Crippen MR) is 117 cm³/mol. The molecule has 3 aliphatic rings. The number of halogens is 1. The topological polar surface area (TPSA) is 50.2 Å². The van der Waals surface area contributed by atoms with E-state index in [9.17, 15) is 4.79 Å². The molecule has 2 atom stereocenters. The molecule has 0 spiro atoms. The number of amides is 1. The number of fused-ring (bicyclic) bond motifs is 2. The lowest BCUT2D eigenvalue weighted by molar-refractivity contribution is 0.0751. The molecule has 2 aromatic rings. The fourth-order valence-corrected chi connectivity index (χ4v) is 5.42. The fraction of sp³-hybridized carbons (Fsp3) is 0.565. The van der Waals surface area contributed by atoms with Crippen molar-refractivity contribution >= 4 is 18.3 Å². The molecule has 1 aromatic carbocycles. The van der Waals surface area contributed by atoms with E-state index in [1.165, 1.54) is 22.4 Å². The van der Waals surface area contributed by atoms with Crippen LogP contribution >= 0.6 is 12.4 Å². The molecular formula is C23H31ClN4O. The Kier molecular flexibility index (Phi) is 5.71. The summed E-state index contributed by atoms with van der Waals surface area (Å²) in [6.07, 6.45) is 5.34. The summed E-state index contributed by atoms with van der Waals surface area (Å²) in [5.41, 5.74) is 6.72. The van der Waals surface area contributed by atoms with Gasteiger partial charge in [-0.1, -0.05) is 17.7 Å². The third-order valence-electron chi connectivity index (χ3n) is 7.02. The van der Waals surface area contributed by atoms with Crippen LogP contribution in [-0.4, -0.2) is 46.8 Å². The molecular weight excluding hydrogens is 384 g/mol. The number of hydrogen-bond donors (Lipinski definition) is 1. The Labute approximate surface area is 179 Å². The molecule has 1 aliphatic carbocycles. The number of likely N-dealkylation sites (tertiary alicyclic amines) is 1. The monoisotopic (exact) mass is 414 g/mol. The van der Waals surface area contributed by atoms with Gasteiger partial charge in [-0.2, -0.15) is 5.10 Å². The highest BCUT2D eigenvalue weighted by Gasteiger charge is 2.34. The highest BCUT2D eigenvalue weighted by atomic mass is 35.5. The minimum atomic E-state index is 0. The number of carbonyl (C=O) groups excluding carboxylic acids is 1. The van der Waals surface area contributed by atoms with Crippen LogP contribution in [0.15, 0.2) is 18.2 Å². The average molecular weight is 415 g/mol. The maximum atomic E-state index is 13.5. The van der Waals surface area contributed by atoms with Gasteiger partial charge in [-0.3, -0.25) is 4.79 Å². The lowest BCUT2D eigenvalue weighted by Crippen LogP contribution is -2.33. The Hall–Kier alpha value is -1.85. The fourth-order valence-electron chi connectivity index (χ4n) is 5.42. The Bertz CT molecular complexity index is 908. The SMILES string of the molecule is Cc1ccc(-n2nc(C(=O)N3CC[C@@H]4CNC[C@@H]4CC3)c3c2CCC3)c(C)c1.Cl. The quantitative estimate of drug-likeness (QED) is 0.818. The van der Waals surface area contributed by atoms with E-state index in [1.54, 1.807) is 0 Å². The van der Waals surface area contributed by atoms with Gasteiger partial charge in [0.25, 0.3) is 5.91 Å². The maximum Gasteiger partial charge on any atom is 0.274 e. The van der Waals surface area contributed by atoms with E-state index in [0.29, 0.717) is 5.69 Å². The number of aryl methyl sites for hydroxylation is 2. The highest BCUT2D eigenvalue weighted by molar-refractivity contribution is 5.94. The lowest BCUT2D eigenvalue weighted by atomic mass is 9.92. The Morgan fingerprint density at radius 2 is 1.83 bits per heavy atom. The minimum Gasteiger partial charge on any atom is -0.337 e. The zero-order chi connectivity index (χ0) is 19.3. The summed E-state index contributed by atoms with van der Waals surface area (Å²) >= 11 is 0. The van der Waals surface area contributed by atoms with Gasteiger partial charge in [0.1, 0.15) is 0 Å². The van der Waals surface area contributed by atoms with E-state index in [2.05, 4.69) is 46.9 Å². The van der Waals surface area contributed by atoms with Crippen molar-refractivity contribution in [2.75, 3.05) is 26.2 Å². The van der Waals surface area contributed by atoms with Crippen molar-refractivity contribution in [1.82, 2.24) is 20.0 Å². The molecule has 2 fully saturated rings. The molecule has 3 heterocycles. The van der Waals surface area contributed by atoms with Crippen LogP contribution in [0.3, 0.4) is 0 Å². The second-order valence-corrected chi connectivity index (χ2v) is 8.88. The third kappa shape index (κ3) is 3.59. The molecule has 5 nitrogen and oxygen atoms in total. The lowest BCUT2D eigenvalue weighted by Gasteiger charge is -2.20. The highest BCUT2D eigenvalue weighted by Crippen LogP contribution is 2.32. The van der Waals surface area contributed by atoms with Crippen LogP contribution in [-0.2, 0) is 12.8 Å². The number of hydrogen-bond acceptors (Lipinski definition) is 3. The van der Waals surface area contributed by atoms with Crippen LogP contribution in [0.25, 0.3) is 5.69 Å². The van der Waals surface area contributed by atoms with Gasteiger partial charge in [-0.25, -0.2) is 4.68 Å². The standard InChI is InChI=1S/C23H30N4O.ClH/c1-15-6-7-20(16(2)12-15)27-21-5-3-4-19(21)22(25-27)23(28)26-10-8-17-13-24-14-18(17)9-11-26;/h6-7,12,17-18,24H,3-5,8-11,13-14H2,1-2H3;1H/t17-,18+;. The first kappa shape index (κ1) is 20.4. The summed E-state index contributed by atoms with van der Waals surface area (Å²) in [7, 11) is 0. The number of nitrogens with one attached hydrogen (secondary N) is 1. The summed E-state index contributed by atoms with van der Waals surface area (Å²) in [5, 5.41) is 8.40. The van der Waals surface area contributed by atoms with Crippen molar-refractivity contribution in [2.45, 2.75) is 46.0 Å². The molecule has 0 radical (unpaired) electrons. The van der Waals surface area contributed by atoms with Gasteiger partial charge >= 0.3 is 0 Å². The van der Waals surface area contributed by atoms with E-state index in [-0.39, 0.29) is 18.3 Å². The molecule has 156 valence electrons. The average Bonchev–Trinajstić information content (AvgIpc) is 3.36. The van der Waals surface area contributed by atoms with Gasteiger partial charge in [0.2, 0.25) is 0 Å². The van der Waals surface area contributed by atoms with Crippen molar-refractivity contribution < 1.29 is 4.79 Å². The molecule has 2 saturated heterocycles. The number of rotatable bonds is 2. The van der Waals surface area contributed by atoms with Crippen molar-refractivity contribution in [2.24, 2.45) is 11.8 Å². The molecule has 1 amide bonds. The predicted octanol–water partition coefficient (Wildman–Crippen LogP) is 3.47. The summed E-state index contributed by atoms with van der Waals surface area (Å²) in [5.74, 6) is 1.61. The molecule has 6 heteroatoms. The first-order valence-corrected chi connectivity index (χ1v) is 10.8. The summed E-state index contributed by atoms with van der Waals surface area (Å²) in [6, 6.07) is 6.47. The molecule has 29 heavy (non-hydrogen) atoms. The van der Waals surface area contributed by atoms with E-state index in [0.717, 1.165) is 75.8 Å².